The van der Waals surface area contributed by atoms with Crippen molar-refractivity contribution in [3.05, 3.63) is 47.3 Å². The Morgan fingerprint density at radius 1 is 1.32 bits per heavy atom. The molecule has 0 saturated heterocycles. The fourth-order valence-electron chi connectivity index (χ4n) is 1.83. The van der Waals surface area contributed by atoms with Crippen LogP contribution in [0.5, 0.6) is 0 Å². The highest BCUT2D eigenvalue weighted by molar-refractivity contribution is 9.10. The monoisotopic (exact) mass is 378 g/mol. The number of pyridine rings is 1. The molecule has 1 aromatic carbocycles. The van der Waals surface area contributed by atoms with E-state index in [4.69, 9.17) is 0 Å². The molecule has 0 aliphatic heterocycles. The number of aromatic nitrogens is 3. The first-order valence-electron chi connectivity index (χ1n) is 6.27. The first-order valence-corrected chi connectivity index (χ1v) is 7.88. The minimum atomic E-state index is -0.545. The number of carbonyl (C=O) groups is 1. The Morgan fingerprint density at radius 3 is 2.91 bits per heavy atom. The lowest BCUT2D eigenvalue weighted by Crippen LogP contribution is -2.21. The molecule has 0 aliphatic rings. The summed E-state index contributed by atoms with van der Waals surface area (Å²) in [4.78, 5) is 20.9. The highest BCUT2D eigenvalue weighted by atomic mass is 79.9. The lowest BCUT2D eigenvalue weighted by molar-refractivity contribution is 0.183. The molecule has 0 radical (unpaired) electrons. The van der Waals surface area contributed by atoms with Gasteiger partial charge in [-0.2, -0.15) is 0 Å². The molecule has 3 aromatic rings. The third-order valence-corrected chi connectivity index (χ3v) is 4.25. The Kier molecular flexibility index (Phi) is 4.30. The maximum atomic E-state index is 11.3. The number of imidazole rings is 1. The zero-order valence-electron chi connectivity index (χ0n) is 11.5. The Balaban J connectivity index is 1.84. The molecule has 6 nitrogen and oxygen atoms in total. The highest BCUT2D eigenvalue weighted by Gasteiger charge is 2.07. The van der Waals surface area contributed by atoms with Crippen molar-refractivity contribution in [3.63, 3.8) is 0 Å². The number of hydrogen-bond donors (Lipinski definition) is 1. The van der Waals surface area contributed by atoms with Gasteiger partial charge in [0.05, 0.1) is 18.1 Å². The topological polar surface area (TPSA) is 69.0 Å². The number of hydrogen-bond acceptors (Lipinski definition) is 5. The summed E-state index contributed by atoms with van der Waals surface area (Å²) in [6.07, 6.45) is 2.75. The van der Waals surface area contributed by atoms with Gasteiger partial charge in [-0.25, -0.2) is 24.9 Å². The van der Waals surface area contributed by atoms with Crippen LogP contribution in [0.3, 0.4) is 0 Å². The predicted octanol–water partition coefficient (Wildman–Crippen LogP) is 3.65. The third kappa shape index (κ3) is 3.23. The molecule has 1 amide bonds. The van der Waals surface area contributed by atoms with Gasteiger partial charge in [-0.15, -0.1) is 0 Å². The van der Waals surface area contributed by atoms with Crippen LogP contribution in [-0.2, 0) is 4.74 Å². The Morgan fingerprint density at radius 2 is 2.18 bits per heavy atom. The summed E-state index contributed by atoms with van der Waals surface area (Å²) in [6.45, 7) is 0. The zero-order chi connectivity index (χ0) is 15.5. The zero-order valence-corrected chi connectivity index (χ0v) is 13.9. The normalized spacial score (nSPS) is 10.6. The van der Waals surface area contributed by atoms with Crippen molar-refractivity contribution in [2.45, 2.75) is 9.92 Å². The number of benzene rings is 1. The number of amides is 1. The van der Waals surface area contributed by atoms with Gasteiger partial charge in [0.1, 0.15) is 11.4 Å². The minimum Gasteiger partial charge on any atom is -0.452 e. The molecule has 0 spiro atoms. The van der Waals surface area contributed by atoms with Crippen molar-refractivity contribution < 1.29 is 9.53 Å². The average molecular weight is 379 g/mol. The van der Waals surface area contributed by atoms with Gasteiger partial charge < -0.3 is 4.74 Å². The molecule has 0 bridgehead atoms. The van der Waals surface area contributed by atoms with E-state index < -0.39 is 6.09 Å². The molecule has 0 atom stereocenters. The number of nitrogens with zero attached hydrogens (tertiary/aromatic N) is 3. The fraction of sp³-hybridized carbons (Fsp3) is 0.0714. The van der Waals surface area contributed by atoms with Crippen LogP contribution < -0.4 is 5.43 Å². The molecule has 2 heterocycles. The van der Waals surface area contributed by atoms with Gasteiger partial charge in [0.25, 0.3) is 0 Å². The molecule has 3 rings (SSSR count). The largest absolute Gasteiger partial charge is 0.452 e. The van der Waals surface area contributed by atoms with Gasteiger partial charge in [-0.05, 0) is 46.3 Å². The first kappa shape index (κ1) is 14.9. The Labute approximate surface area is 139 Å². The summed E-state index contributed by atoms with van der Waals surface area (Å²) in [6, 6.07) is 9.67. The van der Waals surface area contributed by atoms with Crippen molar-refractivity contribution in [2.24, 2.45) is 0 Å². The lowest BCUT2D eigenvalue weighted by atomic mass is 10.3. The molecule has 0 fully saturated rings. The van der Waals surface area contributed by atoms with E-state index >= 15 is 0 Å². The number of halogens is 1. The Bertz CT molecular complexity index is 819. The Hall–Kier alpha value is -2.06. The van der Waals surface area contributed by atoms with Crippen molar-refractivity contribution in [1.29, 1.82) is 0 Å². The summed E-state index contributed by atoms with van der Waals surface area (Å²) < 4.78 is 7.04. The summed E-state index contributed by atoms with van der Waals surface area (Å²) in [5, 5.41) is 0.898. The van der Waals surface area contributed by atoms with Crippen LogP contribution in [0.1, 0.15) is 0 Å². The van der Waals surface area contributed by atoms with Gasteiger partial charge in [0.15, 0.2) is 0 Å². The maximum absolute atomic E-state index is 11.3. The van der Waals surface area contributed by atoms with E-state index in [0.29, 0.717) is 0 Å². The molecule has 8 heteroatoms. The van der Waals surface area contributed by atoms with Crippen molar-refractivity contribution in [3.8, 4) is 0 Å². The van der Waals surface area contributed by atoms with Crippen LogP contribution in [0.15, 0.2) is 57.3 Å². The number of rotatable bonds is 3. The van der Waals surface area contributed by atoms with Crippen molar-refractivity contribution in [2.75, 3.05) is 12.5 Å². The molecule has 0 unspecified atom stereocenters. The molecular weight excluding hydrogens is 368 g/mol. The SMILES string of the molecule is COC(=O)Nn1cnc2cc(Sc3ccc(Br)cn3)ccc21. The number of methoxy groups -OCH3 is 1. The van der Waals surface area contributed by atoms with Gasteiger partial charge in [-0.1, -0.05) is 11.8 Å². The molecule has 0 aliphatic carbocycles. The second-order valence-corrected chi connectivity index (χ2v) is 6.29. The summed E-state index contributed by atoms with van der Waals surface area (Å²) >= 11 is 4.91. The van der Waals surface area contributed by atoms with Crippen LogP contribution in [0.4, 0.5) is 4.79 Å². The molecule has 112 valence electrons. The molecule has 1 N–H and O–H groups in total. The predicted molar refractivity (Wildman–Crippen MR) is 87.6 cm³/mol. The molecule has 0 saturated carbocycles. The second kappa shape index (κ2) is 6.37. The van der Waals surface area contributed by atoms with Crippen LogP contribution >= 0.6 is 27.7 Å². The van der Waals surface area contributed by atoms with E-state index in [0.717, 1.165) is 25.4 Å². The summed E-state index contributed by atoms with van der Waals surface area (Å²) in [5.74, 6) is 0. The number of ether oxygens (including phenoxy) is 1. The van der Waals surface area contributed by atoms with E-state index in [1.54, 1.807) is 18.0 Å². The second-order valence-electron chi connectivity index (χ2n) is 4.29. The highest BCUT2D eigenvalue weighted by Crippen LogP contribution is 2.28. The number of fused-ring (bicyclic) bond motifs is 1. The standard InChI is InChI=1S/C14H11BrN4O2S/c1-21-14(20)18-19-8-17-11-6-10(3-4-12(11)19)22-13-5-2-9(15)7-16-13/h2-8H,1H3,(H,18,20). The van der Waals surface area contributed by atoms with Gasteiger partial charge in [0, 0.05) is 15.6 Å². The van der Waals surface area contributed by atoms with Crippen LogP contribution in [0, 0.1) is 0 Å². The average Bonchev–Trinajstić information content (AvgIpc) is 2.92. The number of nitrogens with one attached hydrogen (secondary N) is 1. The van der Waals surface area contributed by atoms with Crippen LogP contribution in [0.2, 0.25) is 0 Å². The molecule has 22 heavy (non-hydrogen) atoms. The third-order valence-electron chi connectivity index (χ3n) is 2.84. The summed E-state index contributed by atoms with van der Waals surface area (Å²) in [7, 11) is 1.31. The van der Waals surface area contributed by atoms with Gasteiger partial charge in [0.2, 0.25) is 0 Å². The van der Waals surface area contributed by atoms with E-state index in [1.807, 2.05) is 30.3 Å². The van der Waals surface area contributed by atoms with Crippen LogP contribution in [0.25, 0.3) is 11.0 Å². The van der Waals surface area contributed by atoms with Gasteiger partial charge >= 0.3 is 6.09 Å². The molecular formula is C14H11BrN4O2S. The maximum Gasteiger partial charge on any atom is 0.426 e. The quantitative estimate of drug-likeness (QED) is 0.752. The summed E-state index contributed by atoms with van der Waals surface area (Å²) in [5.41, 5.74) is 4.13. The van der Waals surface area contributed by atoms with Gasteiger partial charge in [-0.3, -0.25) is 0 Å². The fourth-order valence-corrected chi connectivity index (χ4v) is 2.86. The lowest BCUT2D eigenvalue weighted by Gasteiger charge is -2.05. The van der Waals surface area contributed by atoms with E-state index in [1.165, 1.54) is 18.1 Å². The smallest absolute Gasteiger partial charge is 0.426 e. The minimum absolute atomic E-state index is 0.545. The van der Waals surface area contributed by atoms with E-state index in [2.05, 4.69) is 36.1 Å². The number of carbonyl (C=O) groups excluding carboxylic acids is 1. The first-order chi connectivity index (χ1) is 10.7. The van der Waals surface area contributed by atoms with E-state index in [-0.39, 0.29) is 0 Å². The van der Waals surface area contributed by atoms with Crippen molar-refractivity contribution >= 4 is 44.8 Å². The van der Waals surface area contributed by atoms with Crippen molar-refractivity contribution in [1.82, 2.24) is 14.6 Å². The van der Waals surface area contributed by atoms with Crippen LogP contribution in [-0.4, -0.2) is 27.8 Å². The van der Waals surface area contributed by atoms with E-state index in [9.17, 15) is 4.79 Å². The molecule has 2 aromatic heterocycles.